The zero-order chi connectivity index (χ0) is 8.39. The average Bonchev–Trinajstić information content (AvgIpc) is 2.02. The van der Waals surface area contributed by atoms with Crippen LogP contribution in [0.5, 0.6) is 5.88 Å². The summed E-state index contributed by atoms with van der Waals surface area (Å²) in [5, 5.41) is 3.32. The fourth-order valence-electron chi connectivity index (χ4n) is 1.39. The van der Waals surface area contributed by atoms with Crippen LogP contribution in [0.25, 0.3) is 0 Å². The van der Waals surface area contributed by atoms with Gasteiger partial charge in [0.15, 0.2) is 0 Å². The monoisotopic (exact) mass is 164 g/mol. The topological polar surface area (TPSA) is 34.1 Å². The molecule has 2 rings (SSSR count). The number of nitrogens with one attached hydrogen (secondary N) is 1. The minimum atomic E-state index is 0.452. The van der Waals surface area contributed by atoms with E-state index in [0.717, 1.165) is 12.4 Å². The summed E-state index contributed by atoms with van der Waals surface area (Å²) < 4.78 is 5.15. The average molecular weight is 164 g/mol. The zero-order valence-electron chi connectivity index (χ0n) is 7.08. The van der Waals surface area contributed by atoms with E-state index in [1.54, 1.807) is 13.3 Å². The number of pyridine rings is 1. The van der Waals surface area contributed by atoms with Crippen LogP contribution in [0.15, 0.2) is 18.3 Å². The number of hydrogen-bond donors (Lipinski definition) is 1. The van der Waals surface area contributed by atoms with E-state index < -0.39 is 0 Å². The third-order valence-electron chi connectivity index (χ3n) is 2.19. The molecule has 0 bridgehead atoms. The Morgan fingerprint density at radius 3 is 3.08 bits per heavy atom. The van der Waals surface area contributed by atoms with Gasteiger partial charge in [-0.2, -0.15) is 0 Å². The minimum absolute atomic E-state index is 0.452. The fourth-order valence-corrected chi connectivity index (χ4v) is 1.39. The third-order valence-corrected chi connectivity index (χ3v) is 2.19. The highest BCUT2D eigenvalue weighted by atomic mass is 16.5. The lowest BCUT2D eigenvalue weighted by molar-refractivity contribution is 0.344. The van der Waals surface area contributed by atoms with Crippen LogP contribution in [0, 0.1) is 0 Å². The summed E-state index contributed by atoms with van der Waals surface area (Å²) in [6.07, 6.45) is 2.93. The van der Waals surface area contributed by atoms with Crippen molar-refractivity contribution in [3.05, 3.63) is 23.9 Å². The molecule has 1 aliphatic rings. The molecular weight excluding hydrogens is 152 g/mol. The standard InChI is InChI=1S/C9H12N2O/c1-12-9-7(3-2-5-11-9)8-4-6-10-8/h2-3,5,8,10H,4,6H2,1H3/t8-/m0/s1. The zero-order valence-corrected chi connectivity index (χ0v) is 7.08. The van der Waals surface area contributed by atoms with Gasteiger partial charge < -0.3 is 10.1 Å². The molecule has 0 saturated carbocycles. The van der Waals surface area contributed by atoms with Crippen LogP contribution in [-0.2, 0) is 0 Å². The Morgan fingerprint density at radius 1 is 1.67 bits per heavy atom. The first kappa shape index (κ1) is 7.55. The van der Waals surface area contributed by atoms with E-state index in [2.05, 4.69) is 16.4 Å². The van der Waals surface area contributed by atoms with Crippen molar-refractivity contribution in [3.63, 3.8) is 0 Å². The van der Waals surface area contributed by atoms with E-state index in [9.17, 15) is 0 Å². The van der Waals surface area contributed by atoms with Crippen molar-refractivity contribution >= 4 is 0 Å². The number of nitrogens with zero attached hydrogens (tertiary/aromatic N) is 1. The summed E-state index contributed by atoms with van der Waals surface area (Å²) >= 11 is 0. The van der Waals surface area contributed by atoms with Gasteiger partial charge in [0, 0.05) is 17.8 Å². The highest BCUT2D eigenvalue weighted by Gasteiger charge is 2.21. The van der Waals surface area contributed by atoms with Crippen molar-refractivity contribution in [1.29, 1.82) is 0 Å². The Hall–Kier alpha value is -1.09. The lowest BCUT2D eigenvalue weighted by atomic mass is 9.99. The highest BCUT2D eigenvalue weighted by Crippen LogP contribution is 2.28. The van der Waals surface area contributed by atoms with E-state index in [1.807, 2.05) is 6.07 Å². The predicted octanol–water partition coefficient (Wildman–Crippen LogP) is 1.12. The Labute approximate surface area is 71.8 Å². The number of hydrogen-bond acceptors (Lipinski definition) is 3. The summed E-state index contributed by atoms with van der Waals surface area (Å²) in [6.45, 7) is 1.10. The van der Waals surface area contributed by atoms with Gasteiger partial charge in [0.25, 0.3) is 0 Å². The van der Waals surface area contributed by atoms with Gasteiger partial charge in [-0.1, -0.05) is 6.07 Å². The molecule has 1 fully saturated rings. The molecule has 0 aliphatic carbocycles. The van der Waals surface area contributed by atoms with Crippen molar-refractivity contribution < 1.29 is 4.74 Å². The lowest BCUT2D eigenvalue weighted by Gasteiger charge is -2.28. The van der Waals surface area contributed by atoms with Gasteiger partial charge in [-0.15, -0.1) is 0 Å². The quantitative estimate of drug-likeness (QED) is 0.711. The molecule has 0 aromatic carbocycles. The summed E-state index contributed by atoms with van der Waals surface area (Å²) in [7, 11) is 1.66. The number of ether oxygens (including phenoxy) is 1. The van der Waals surface area contributed by atoms with Gasteiger partial charge in [0.1, 0.15) is 0 Å². The molecule has 0 spiro atoms. The van der Waals surface area contributed by atoms with E-state index >= 15 is 0 Å². The van der Waals surface area contributed by atoms with Crippen LogP contribution in [0.1, 0.15) is 18.0 Å². The number of aromatic nitrogens is 1. The van der Waals surface area contributed by atoms with Gasteiger partial charge in [-0.25, -0.2) is 4.98 Å². The maximum absolute atomic E-state index is 5.15. The summed E-state index contributed by atoms with van der Waals surface area (Å²) in [5.74, 6) is 0.745. The molecule has 1 atom stereocenters. The van der Waals surface area contributed by atoms with Crippen molar-refractivity contribution in [2.24, 2.45) is 0 Å². The molecule has 1 N–H and O–H groups in total. The normalized spacial score (nSPS) is 21.6. The third kappa shape index (κ3) is 1.16. The van der Waals surface area contributed by atoms with Crippen LogP contribution in [-0.4, -0.2) is 18.6 Å². The van der Waals surface area contributed by atoms with Crippen molar-refractivity contribution in [2.45, 2.75) is 12.5 Å². The first-order valence-corrected chi connectivity index (χ1v) is 4.14. The molecule has 64 valence electrons. The number of methoxy groups -OCH3 is 1. The first-order chi connectivity index (χ1) is 5.92. The predicted molar refractivity (Wildman–Crippen MR) is 46.1 cm³/mol. The van der Waals surface area contributed by atoms with Gasteiger partial charge in [0.05, 0.1) is 7.11 Å². The molecule has 1 aromatic rings. The van der Waals surface area contributed by atoms with Crippen molar-refractivity contribution in [1.82, 2.24) is 10.3 Å². The largest absolute Gasteiger partial charge is 0.481 e. The fraction of sp³-hybridized carbons (Fsp3) is 0.444. The van der Waals surface area contributed by atoms with Crippen molar-refractivity contribution in [3.8, 4) is 5.88 Å². The second-order valence-electron chi connectivity index (χ2n) is 2.90. The molecule has 0 radical (unpaired) electrons. The Bertz CT molecular complexity index is 271. The van der Waals surface area contributed by atoms with Crippen molar-refractivity contribution in [2.75, 3.05) is 13.7 Å². The maximum Gasteiger partial charge on any atom is 0.217 e. The van der Waals surface area contributed by atoms with E-state index in [1.165, 1.54) is 12.0 Å². The second kappa shape index (κ2) is 3.11. The molecular formula is C9H12N2O. The SMILES string of the molecule is COc1ncccc1[C@@H]1CCN1. The van der Waals surface area contributed by atoms with E-state index in [-0.39, 0.29) is 0 Å². The maximum atomic E-state index is 5.15. The Kier molecular flexibility index (Phi) is 1.96. The highest BCUT2D eigenvalue weighted by molar-refractivity contribution is 5.30. The first-order valence-electron chi connectivity index (χ1n) is 4.14. The molecule has 3 heteroatoms. The summed E-state index contributed by atoms with van der Waals surface area (Å²) in [6, 6.07) is 4.45. The smallest absolute Gasteiger partial charge is 0.217 e. The van der Waals surface area contributed by atoms with Gasteiger partial charge in [-0.3, -0.25) is 0 Å². The van der Waals surface area contributed by atoms with Crippen LogP contribution in [0.3, 0.4) is 0 Å². The molecule has 1 saturated heterocycles. The van der Waals surface area contributed by atoms with Crippen LogP contribution in [0.2, 0.25) is 0 Å². The molecule has 1 aromatic heterocycles. The van der Waals surface area contributed by atoms with E-state index in [0.29, 0.717) is 6.04 Å². The summed E-state index contributed by atoms with van der Waals surface area (Å²) in [4.78, 5) is 4.14. The molecule has 0 amide bonds. The minimum Gasteiger partial charge on any atom is -0.481 e. The van der Waals surface area contributed by atoms with Crippen LogP contribution in [0.4, 0.5) is 0 Å². The molecule has 2 heterocycles. The van der Waals surface area contributed by atoms with Crippen LogP contribution >= 0.6 is 0 Å². The second-order valence-corrected chi connectivity index (χ2v) is 2.90. The lowest BCUT2D eigenvalue weighted by Crippen LogP contribution is -2.35. The molecule has 1 aliphatic heterocycles. The van der Waals surface area contributed by atoms with Gasteiger partial charge >= 0.3 is 0 Å². The van der Waals surface area contributed by atoms with Gasteiger partial charge in [0.2, 0.25) is 5.88 Å². The molecule has 3 nitrogen and oxygen atoms in total. The van der Waals surface area contributed by atoms with Gasteiger partial charge in [-0.05, 0) is 19.0 Å². The summed E-state index contributed by atoms with van der Waals surface area (Å²) in [5.41, 5.74) is 1.17. The van der Waals surface area contributed by atoms with E-state index in [4.69, 9.17) is 4.74 Å². The van der Waals surface area contributed by atoms with Crippen LogP contribution < -0.4 is 10.1 Å². The molecule has 0 unspecified atom stereocenters. The molecule has 12 heavy (non-hydrogen) atoms. The number of rotatable bonds is 2. The Balaban J connectivity index is 2.27. The Morgan fingerprint density at radius 2 is 2.50 bits per heavy atom.